The van der Waals surface area contributed by atoms with Crippen molar-refractivity contribution in [2.45, 2.75) is 38.8 Å². The number of hydrogen-bond acceptors (Lipinski definition) is 5. The maximum absolute atomic E-state index is 11.4. The predicted octanol–water partition coefficient (Wildman–Crippen LogP) is 2.45. The molecule has 1 aromatic rings. The Hall–Kier alpha value is -1.04. The monoisotopic (exact) mass is 316 g/mol. The summed E-state index contributed by atoms with van der Waals surface area (Å²) in [5, 5.41) is 3.39. The fraction of sp³-hybridized carbons (Fsp3) is 0.667. The number of carbonyl (C=O) groups is 1. The van der Waals surface area contributed by atoms with Crippen LogP contribution in [0.15, 0.2) is 16.5 Å². The fourth-order valence-electron chi connectivity index (χ4n) is 2.72. The second-order valence-electron chi connectivity index (χ2n) is 5.21. The van der Waals surface area contributed by atoms with Crippen molar-refractivity contribution in [2.75, 3.05) is 26.7 Å². The summed E-state index contributed by atoms with van der Waals surface area (Å²) in [5.74, 6) is 0.696. The molecule has 0 amide bonds. The van der Waals surface area contributed by atoms with Gasteiger partial charge in [-0.05, 0) is 51.0 Å². The molecule has 0 atom stereocenters. The zero-order chi connectivity index (χ0) is 14.4. The van der Waals surface area contributed by atoms with Gasteiger partial charge in [-0.1, -0.05) is 6.92 Å². The molecule has 21 heavy (non-hydrogen) atoms. The minimum absolute atomic E-state index is 0. The summed E-state index contributed by atoms with van der Waals surface area (Å²) in [7, 11) is 1.36. The lowest BCUT2D eigenvalue weighted by atomic mass is 10.0. The zero-order valence-electron chi connectivity index (χ0n) is 12.8. The van der Waals surface area contributed by atoms with Crippen LogP contribution in [0.4, 0.5) is 0 Å². The van der Waals surface area contributed by atoms with Crippen LogP contribution in [0.1, 0.15) is 42.5 Å². The maximum Gasteiger partial charge on any atom is 0.373 e. The first kappa shape index (κ1) is 18.0. The van der Waals surface area contributed by atoms with E-state index in [4.69, 9.17) is 4.42 Å². The van der Waals surface area contributed by atoms with Gasteiger partial charge in [0, 0.05) is 6.04 Å². The van der Waals surface area contributed by atoms with Crippen LogP contribution in [0, 0.1) is 0 Å². The first-order valence-corrected chi connectivity index (χ1v) is 7.36. The van der Waals surface area contributed by atoms with Gasteiger partial charge in [0.15, 0.2) is 0 Å². The van der Waals surface area contributed by atoms with Crippen molar-refractivity contribution in [2.24, 2.45) is 0 Å². The van der Waals surface area contributed by atoms with E-state index in [-0.39, 0.29) is 18.2 Å². The van der Waals surface area contributed by atoms with Gasteiger partial charge in [0.25, 0.3) is 0 Å². The topological polar surface area (TPSA) is 54.7 Å². The van der Waals surface area contributed by atoms with Crippen molar-refractivity contribution in [3.63, 3.8) is 0 Å². The van der Waals surface area contributed by atoms with E-state index in [9.17, 15) is 4.79 Å². The van der Waals surface area contributed by atoms with E-state index in [0.717, 1.165) is 38.4 Å². The van der Waals surface area contributed by atoms with Gasteiger partial charge in [0.05, 0.1) is 13.7 Å². The van der Waals surface area contributed by atoms with Gasteiger partial charge < -0.3 is 14.5 Å². The average molecular weight is 317 g/mol. The number of halogens is 1. The Morgan fingerprint density at radius 1 is 1.43 bits per heavy atom. The lowest BCUT2D eigenvalue weighted by Gasteiger charge is -2.33. The summed E-state index contributed by atoms with van der Waals surface area (Å²) in [6.45, 7) is 6.16. The first-order chi connectivity index (χ1) is 9.74. The molecule has 2 heterocycles. The number of piperidine rings is 1. The molecule has 1 aliphatic heterocycles. The number of nitrogens with zero attached hydrogens (tertiary/aromatic N) is 1. The van der Waals surface area contributed by atoms with E-state index in [0.29, 0.717) is 6.04 Å². The molecule has 6 heteroatoms. The van der Waals surface area contributed by atoms with Crippen LogP contribution in [-0.4, -0.2) is 43.7 Å². The molecule has 0 saturated carbocycles. The van der Waals surface area contributed by atoms with Crippen LogP contribution >= 0.6 is 12.4 Å². The van der Waals surface area contributed by atoms with E-state index in [1.807, 2.05) is 6.07 Å². The minimum atomic E-state index is -0.417. The second-order valence-corrected chi connectivity index (χ2v) is 5.21. The molecule has 1 aliphatic rings. The number of ether oxygens (including phenoxy) is 1. The molecule has 0 spiro atoms. The quantitative estimate of drug-likeness (QED) is 0.817. The summed E-state index contributed by atoms with van der Waals surface area (Å²) >= 11 is 0. The summed E-state index contributed by atoms with van der Waals surface area (Å²) in [6, 6.07) is 4.16. The third-order valence-corrected chi connectivity index (χ3v) is 3.74. The van der Waals surface area contributed by atoms with Crippen molar-refractivity contribution in [1.82, 2.24) is 10.2 Å². The van der Waals surface area contributed by atoms with Gasteiger partial charge >= 0.3 is 5.97 Å². The third kappa shape index (κ3) is 5.02. The number of furan rings is 1. The van der Waals surface area contributed by atoms with Crippen LogP contribution in [0.5, 0.6) is 0 Å². The van der Waals surface area contributed by atoms with Gasteiger partial charge in [0.2, 0.25) is 5.76 Å². The molecule has 0 aromatic carbocycles. The van der Waals surface area contributed by atoms with E-state index < -0.39 is 5.97 Å². The number of nitrogens with one attached hydrogen (secondary N) is 1. The third-order valence-electron chi connectivity index (χ3n) is 3.74. The standard InChI is InChI=1S/C15H24N2O3.ClH/c1-3-10-17(12-6-8-16-9-7-12)11-13-4-5-14(20-13)15(18)19-2;/h4-5,12,16H,3,6-11H2,1-2H3;1H. The summed E-state index contributed by atoms with van der Waals surface area (Å²) in [5.41, 5.74) is 0. The van der Waals surface area contributed by atoms with Gasteiger partial charge in [-0.15, -0.1) is 12.4 Å². The molecule has 0 aliphatic carbocycles. The van der Waals surface area contributed by atoms with E-state index in [1.165, 1.54) is 20.0 Å². The Labute approximate surface area is 132 Å². The summed E-state index contributed by atoms with van der Waals surface area (Å²) in [6.07, 6.45) is 3.46. The number of rotatable bonds is 6. The van der Waals surface area contributed by atoms with E-state index >= 15 is 0 Å². The normalized spacial score (nSPS) is 15.8. The highest BCUT2D eigenvalue weighted by atomic mass is 35.5. The SMILES string of the molecule is CCCN(Cc1ccc(C(=O)OC)o1)C1CCNCC1.Cl. The van der Waals surface area contributed by atoms with Crippen LogP contribution < -0.4 is 5.32 Å². The Balaban J connectivity index is 0.00000220. The van der Waals surface area contributed by atoms with Crippen molar-refractivity contribution < 1.29 is 13.9 Å². The van der Waals surface area contributed by atoms with Crippen LogP contribution in [0.2, 0.25) is 0 Å². The molecular formula is C15H25ClN2O3. The highest BCUT2D eigenvalue weighted by molar-refractivity contribution is 5.86. The predicted molar refractivity (Wildman–Crippen MR) is 83.9 cm³/mol. The largest absolute Gasteiger partial charge is 0.463 e. The molecule has 5 nitrogen and oxygen atoms in total. The Bertz CT molecular complexity index is 430. The van der Waals surface area contributed by atoms with Crippen molar-refractivity contribution in [3.8, 4) is 0 Å². The smallest absolute Gasteiger partial charge is 0.373 e. The summed E-state index contributed by atoms with van der Waals surface area (Å²) < 4.78 is 10.2. The van der Waals surface area contributed by atoms with E-state index in [1.54, 1.807) is 6.07 Å². The Morgan fingerprint density at radius 3 is 2.76 bits per heavy atom. The molecule has 1 aromatic heterocycles. The maximum atomic E-state index is 11.4. The highest BCUT2D eigenvalue weighted by Gasteiger charge is 2.22. The molecule has 0 radical (unpaired) electrons. The molecular weight excluding hydrogens is 292 g/mol. The molecule has 1 N–H and O–H groups in total. The minimum Gasteiger partial charge on any atom is -0.463 e. The second kappa shape index (κ2) is 9.07. The van der Waals surface area contributed by atoms with Gasteiger partial charge in [0.1, 0.15) is 5.76 Å². The first-order valence-electron chi connectivity index (χ1n) is 7.36. The van der Waals surface area contributed by atoms with E-state index in [2.05, 4.69) is 21.9 Å². The van der Waals surface area contributed by atoms with Crippen LogP contribution in [0.25, 0.3) is 0 Å². The fourth-order valence-corrected chi connectivity index (χ4v) is 2.72. The van der Waals surface area contributed by atoms with Gasteiger partial charge in [-0.2, -0.15) is 0 Å². The van der Waals surface area contributed by atoms with Crippen molar-refractivity contribution in [3.05, 3.63) is 23.7 Å². The molecule has 0 unspecified atom stereocenters. The summed E-state index contributed by atoms with van der Waals surface area (Å²) in [4.78, 5) is 13.9. The van der Waals surface area contributed by atoms with Gasteiger partial charge in [-0.3, -0.25) is 4.90 Å². The number of hydrogen-bond donors (Lipinski definition) is 1. The van der Waals surface area contributed by atoms with Crippen LogP contribution in [-0.2, 0) is 11.3 Å². The molecule has 0 bridgehead atoms. The number of methoxy groups -OCH3 is 1. The molecule has 120 valence electrons. The Kier molecular flexibility index (Phi) is 7.78. The lowest BCUT2D eigenvalue weighted by Crippen LogP contribution is -2.43. The lowest BCUT2D eigenvalue weighted by molar-refractivity contribution is 0.0559. The molecule has 2 rings (SSSR count). The molecule has 1 fully saturated rings. The van der Waals surface area contributed by atoms with Crippen molar-refractivity contribution in [1.29, 1.82) is 0 Å². The van der Waals surface area contributed by atoms with Crippen LogP contribution in [0.3, 0.4) is 0 Å². The number of esters is 1. The average Bonchev–Trinajstić information content (AvgIpc) is 2.95. The Morgan fingerprint density at radius 2 is 2.14 bits per heavy atom. The van der Waals surface area contributed by atoms with Gasteiger partial charge in [-0.25, -0.2) is 4.79 Å². The molecule has 1 saturated heterocycles. The zero-order valence-corrected chi connectivity index (χ0v) is 13.6. The highest BCUT2D eigenvalue weighted by Crippen LogP contribution is 2.18. The van der Waals surface area contributed by atoms with Crippen molar-refractivity contribution >= 4 is 18.4 Å². The number of carbonyl (C=O) groups excluding carboxylic acids is 1.